The van der Waals surface area contributed by atoms with Crippen LogP contribution in [0.5, 0.6) is 5.75 Å². The molecule has 0 aromatic heterocycles. The summed E-state index contributed by atoms with van der Waals surface area (Å²) in [5, 5.41) is 0. The zero-order chi connectivity index (χ0) is 12.8. The fourth-order valence-electron chi connectivity index (χ4n) is 2.14. The molecule has 0 unspecified atom stereocenters. The van der Waals surface area contributed by atoms with Gasteiger partial charge in [0.15, 0.2) is 0 Å². The highest BCUT2D eigenvalue weighted by molar-refractivity contribution is 5.35. The Hall–Kier alpha value is -1.64. The molecule has 4 heteroatoms. The van der Waals surface area contributed by atoms with Crippen molar-refractivity contribution in [2.45, 2.75) is 25.5 Å². The Kier molecular flexibility index (Phi) is 4.51. The van der Waals surface area contributed by atoms with Crippen LogP contribution in [0.3, 0.4) is 0 Å². The Morgan fingerprint density at radius 1 is 1.44 bits per heavy atom. The van der Waals surface area contributed by atoms with Crippen LogP contribution in [0.15, 0.2) is 29.3 Å². The molecule has 1 aromatic rings. The zero-order valence-corrected chi connectivity index (χ0v) is 10.6. The Bertz CT molecular complexity index is 433. The normalized spacial score (nSPS) is 17.2. The first-order chi connectivity index (χ1) is 8.78. The van der Waals surface area contributed by atoms with Crippen LogP contribution in [0.25, 0.3) is 0 Å². The highest BCUT2D eigenvalue weighted by atomic mass is 16.5. The largest absolute Gasteiger partial charge is 0.490 e. The number of isocyanates is 1. The molecule has 0 aliphatic carbocycles. The van der Waals surface area contributed by atoms with Gasteiger partial charge in [-0.05, 0) is 37.6 Å². The molecule has 0 atom stereocenters. The molecule has 0 spiro atoms. The molecule has 18 heavy (non-hydrogen) atoms. The van der Waals surface area contributed by atoms with Gasteiger partial charge in [0.25, 0.3) is 0 Å². The van der Waals surface area contributed by atoms with Crippen molar-refractivity contribution in [2.24, 2.45) is 4.99 Å². The van der Waals surface area contributed by atoms with Gasteiger partial charge in [-0.1, -0.05) is 12.1 Å². The SMILES string of the molecule is CN1CCC(Oc2cccc(CN=C=O)c2)CC1. The maximum Gasteiger partial charge on any atom is 0.235 e. The monoisotopic (exact) mass is 246 g/mol. The third-order valence-corrected chi connectivity index (χ3v) is 3.19. The maximum absolute atomic E-state index is 10.1. The lowest BCUT2D eigenvalue weighted by molar-refractivity contribution is 0.114. The van der Waals surface area contributed by atoms with Crippen LogP contribution in [0.4, 0.5) is 0 Å². The van der Waals surface area contributed by atoms with Gasteiger partial charge in [0.1, 0.15) is 11.9 Å². The summed E-state index contributed by atoms with van der Waals surface area (Å²) in [7, 11) is 2.13. The highest BCUT2D eigenvalue weighted by Crippen LogP contribution is 2.20. The molecule has 96 valence electrons. The number of nitrogens with zero attached hydrogens (tertiary/aromatic N) is 2. The molecule has 0 N–H and O–H groups in total. The van der Waals surface area contributed by atoms with Crippen molar-refractivity contribution < 1.29 is 9.53 Å². The summed E-state index contributed by atoms with van der Waals surface area (Å²) in [5.74, 6) is 0.864. The first-order valence-electron chi connectivity index (χ1n) is 6.25. The van der Waals surface area contributed by atoms with E-state index in [1.165, 1.54) is 0 Å². The molecule has 0 bridgehead atoms. The number of hydrogen-bond acceptors (Lipinski definition) is 4. The van der Waals surface area contributed by atoms with E-state index in [2.05, 4.69) is 16.9 Å². The van der Waals surface area contributed by atoms with E-state index >= 15 is 0 Å². The second kappa shape index (κ2) is 6.34. The number of piperidine rings is 1. The minimum absolute atomic E-state index is 0.297. The Balaban J connectivity index is 1.94. The molecule has 0 amide bonds. The number of rotatable bonds is 4. The zero-order valence-electron chi connectivity index (χ0n) is 10.6. The van der Waals surface area contributed by atoms with E-state index in [0.717, 1.165) is 37.2 Å². The molecule has 0 radical (unpaired) electrons. The molecule has 1 aliphatic rings. The van der Waals surface area contributed by atoms with Gasteiger partial charge in [-0.25, -0.2) is 9.79 Å². The summed E-state index contributed by atoms with van der Waals surface area (Å²) in [4.78, 5) is 16.0. The lowest BCUT2D eigenvalue weighted by atomic mass is 10.1. The maximum atomic E-state index is 10.1. The van der Waals surface area contributed by atoms with Crippen LogP contribution in [0.2, 0.25) is 0 Å². The van der Waals surface area contributed by atoms with Crippen LogP contribution < -0.4 is 4.74 Å². The molecular weight excluding hydrogens is 228 g/mol. The molecule has 1 saturated heterocycles. The smallest absolute Gasteiger partial charge is 0.235 e. The number of aliphatic imine (C=N–C) groups is 1. The van der Waals surface area contributed by atoms with Crippen LogP contribution in [-0.4, -0.2) is 37.2 Å². The molecule has 1 aromatic carbocycles. The Morgan fingerprint density at radius 3 is 2.94 bits per heavy atom. The van der Waals surface area contributed by atoms with Crippen molar-refractivity contribution in [3.8, 4) is 5.75 Å². The van der Waals surface area contributed by atoms with Crippen molar-refractivity contribution in [3.05, 3.63) is 29.8 Å². The lowest BCUT2D eigenvalue weighted by Gasteiger charge is -2.29. The second-order valence-corrected chi connectivity index (χ2v) is 4.68. The van der Waals surface area contributed by atoms with Gasteiger partial charge in [-0.2, -0.15) is 0 Å². The number of likely N-dealkylation sites (tertiary alicyclic amines) is 1. The molecule has 1 fully saturated rings. The summed E-state index contributed by atoms with van der Waals surface area (Å²) in [6.45, 7) is 2.54. The number of benzene rings is 1. The van der Waals surface area contributed by atoms with Crippen LogP contribution in [-0.2, 0) is 11.3 Å². The van der Waals surface area contributed by atoms with E-state index in [-0.39, 0.29) is 0 Å². The third-order valence-electron chi connectivity index (χ3n) is 3.19. The van der Waals surface area contributed by atoms with Crippen molar-refractivity contribution >= 4 is 6.08 Å². The van der Waals surface area contributed by atoms with Gasteiger partial charge in [0, 0.05) is 13.1 Å². The molecular formula is C14H18N2O2. The van der Waals surface area contributed by atoms with Crippen molar-refractivity contribution in [2.75, 3.05) is 20.1 Å². The molecule has 2 rings (SSSR count). The topological polar surface area (TPSA) is 41.9 Å². The summed E-state index contributed by atoms with van der Waals surface area (Å²) in [6, 6.07) is 7.76. The van der Waals surface area contributed by atoms with Crippen molar-refractivity contribution in [1.82, 2.24) is 4.90 Å². The van der Waals surface area contributed by atoms with E-state index < -0.39 is 0 Å². The second-order valence-electron chi connectivity index (χ2n) is 4.68. The Labute approximate surface area is 107 Å². The minimum Gasteiger partial charge on any atom is -0.490 e. The minimum atomic E-state index is 0.297. The van der Waals surface area contributed by atoms with Gasteiger partial charge in [0.05, 0.1) is 6.54 Å². The van der Waals surface area contributed by atoms with E-state index in [9.17, 15) is 4.79 Å². The average molecular weight is 246 g/mol. The first-order valence-corrected chi connectivity index (χ1v) is 6.25. The summed E-state index contributed by atoms with van der Waals surface area (Å²) < 4.78 is 5.96. The fourth-order valence-corrected chi connectivity index (χ4v) is 2.14. The molecule has 0 saturated carbocycles. The van der Waals surface area contributed by atoms with Gasteiger partial charge < -0.3 is 9.64 Å². The predicted molar refractivity (Wildman–Crippen MR) is 69.4 cm³/mol. The highest BCUT2D eigenvalue weighted by Gasteiger charge is 2.17. The molecule has 1 aliphatic heterocycles. The van der Waals surface area contributed by atoms with Gasteiger partial charge in [-0.15, -0.1) is 0 Å². The fraction of sp³-hybridized carbons (Fsp3) is 0.500. The van der Waals surface area contributed by atoms with Crippen LogP contribution >= 0.6 is 0 Å². The molecule has 1 heterocycles. The van der Waals surface area contributed by atoms with Crippen molar-refractivity contribution in [3.63, 3.8) is 0 Å². The third kappa shape index (κ3) is 3.69. The van der Waals surface area contributed by atoms with Gasteiger partial charge >= 0.3 is 0 Å². The standard InChI is InChI=1S/C14H18N2O2/c1-16-7-5-13(6-8-16)18-14-4-2-3-12(9-14)10-15-11-17/h2-4,9,13H,5-8,10H2,1H3. The van der Waals surface area contributed by atoms with E-state index in [0.29, 0.717) is 12.6 Å². The molecule has 4 nitrogen and oxygen atoms in total. The van der Waals surface area contributed by atoms with Gasteiger partial charge in [0.2, 0.25) is 6.08 Å². The first kappa shape index (κ1) is 12.8. The van der Waals surface area contributed by atoms with Crippen LogP contribution in [0.1, 0.15) is 18.4 Å². The van der Waals surface area contributed by atoms with Crippen molar-refractivity contribution in [1.29, 1.82) is 0 Å². The Morgan fingerprint density at radius 2 is 2.22 bits per heavy atom. The quantitative estimate of drug-likeness (QED) is 0.602. The summed E-state index contributed by atoms with van der Waals surface area (Å²) >= 11 is 0. The lowest BCUT2D eigenvalue weighted by Crippen LogP contribution is -2.35. The predicted octanol–water partition coefficient (Wildman–Crippen LogP) is 2.00. The average Bonchev–Trinajstić information content (AvgIpc) is 2.40. The summed E-state index contributed by atoms with van der Waals surface area (Å²) in [6.07, 6.45) is 3.97. The van der Waals surface area contributed by atoms with E-state index in [1.54, 1.807) is 6.08 Å². The summed E-state index contributed by atoms with van der Waals surface area (Å²) in [5.41, 5.74) is 0.976. The van der Waals surface area contributed by atoms with E-state index in [4.69, 9.17) is 4.74 Å². The number of hydrogen-bond donors (Lipinski definition) is 0. The van der Waals surface area contributed by atoms with Gasteiger partial charge in [-0.3, -0.25) is 0 Å². The van der Waals surface area contributed by atoms with Crippen LogP contribution in [0, 0.1) is 0 Å². The number of carbonyl (C=O) groups excluding carboxylic acids is 1. The number of ether oxygens (including phenoxy) is 1. The van der Waals surface area contributed by atoms with E-state index in [1.807, 2.05) is 24.3 Å².